The second-order valence-corrected chi connectivity index (χ2v) is 10.00. The van der Waals surface area contributed by atoms with Crippen molar-refractivity contribution in [2.45, 2.75) is 69.3 Å². The first-order valence-electron chi connectivity index (χ1n) is 11.6. The molecule has 0 aliphatic carbocycles. The Morgan fingerprint density at radius 3 is 2.65 bits per heavy atom. The van der Waals surface area contributed by atoms with Gasteiger partial charge in [-0.25, -0.2) is 28.3 Å². The number of sulfonamides is 1. The first-order valence-corrected chi connectivity index (χ1v) is 13.2. The summed E-state index contributed by atoms with van der Waals surface area (Å²) >= 11 is 0. The van der Waals surface area contributed by atoms with E-state index in [0.717, 1.165) is 50.5 Å². The van der Waals surface area contributed by atoms with Crippen LogP contribution in [0.1, 0.15) is 56.6 Å². The molecule has 2 aromatic rings. The molecule has 0 fully saturated rings. The number of ether oxygens (including phenoxy) is 1. The minimum atomic E-state index is -3.84. The Morgan fingerprint density at radius 2 is 1.88 bits per heavy atom. The number of primary sulfonamides is 1. The summed E-state index contributed by atoms with van der Waals surface area (Å²) in [5, 5.41) is 11.3. The number of hydrogen-bond donors (Lipinski definition) is 3. The van der Waals surface area contributed by atoms with Crippen LogP contribution in [0.2, 0.25) is 0 Å². The number of alkyl carbamates (subject to hydrolysis) is 1. The summed E-state index contributed by atoms with van der Waals surface area (Å²) in [4.78, 5) is 20.8. The van der Waals surface area contributed by atoms with Crippen molar-refractivity contribution in [2.75, 3.05) is 11.9 Å². The van der Waals surface area contributed by atoms with Crippen molar-refractivity contribution in [2.24, 2.45) is 5.14 Å². The number of aromatic nitrogens is 2. The van der Waals surface area contributed by atoms with Gasteiger partial charge in [0.2, 0.25) is 16.0 Å². The summed E-state index contributed by atoms with van der Waals surface area (Å²) in [5.74, 6) is 0.417. The topological polar surface area (TPSA) is 136 Å². The Labute approximate surface area is 201 Å². The van der Waals surface area contributed by atoms with Crippen LogP contribution in [-0.4, -0.2) is 37.1 Å². The van der Waals surface area contributed by atoms with E-state index in [0.29, 0.717) is 30.2 Å². The third-order valence-corrected chi connectivity index (χ3v) is 6.55. The average Bonchev–Trinajstić information content (AvgIpc) is 2.78. The van der Waals surface area contributed by atoms with Crippen molar-refractivity contribution >= 4 is 27.8 Å². The molecular formula is C24H33N5O4S. The molecule has 4 rings (SSSR count). The highest BCUT2D eigenvalue weighted by Gasteiger charge is 2.14. The first-order chi connectivity index (χ1) is 16.3. The molecule has 0 radical (unpaired) electrons. The Hall–Kier alpha value is -2.98. The van der Waals surface area contributed by atoms with E-state index < -0.39 is 10.0 Å². The Bertz CT molecular complexity index is 1090. The van der Waals surface area contributed by atoms with E-state index in [1.54, 1.807) is 24.5 Å². The van der Waals surface area contributed by atoms with Gasteiger partial charge in [0, 0.05) is 24.6 Å². The van der Waals surface area contributed by atoms with Crippen LogP contribution >= 0.6 is 0 Å². The number of carbonyl (C=O) groups excluding carboxylic acids is 1. The normalized spacial score (nSPS) is 19.9. The summed E-state index contributed by atoms with van der Waals surface area (Å²) < 4.78 is 29.5. The molecule has 0 saturated heterocycles. The maximum atomic E-state index is 12.0. The van der Waals surface area contributed by atoms with E-state index >= 15 is 0 Å². The van der Waals surface area contributed by atoms with Gasteiger partial charge < -0.3 is 15.4 Å². The number of nitrogens with two attached hydrogens (primary N) is 1. The van der Waals surface area contributed by atoms with Crippen LogP contribution in [-0.2, 0) is 27.6 Å². The first kappa shape index (κ1) is 25.6. The zero-order valence-corrected chi connectivity index (χ0v) is 20.3. The molecule has 2 aliphatic rings. The van der Waals surface area contributed by atoms with E-state index in [4.69, 9.17) is 9.88 Å². The standard InChI is InChI=1S/C24H33N5O4S/c1-18-9-8-10-19-16-27-23(28-17-19)29-21-12-13-22(34(25,31)32)20(15-21)11-6-4-2-3-5-7-14-26-24(30)33-18/h4,6,12-13,15-18H,2-3,5,7-11,14H2,1H3,(H,26,30)(H2,25,31,32)(H,27,28,29)/b6-4+/t18-/m1/s1. The van der Waals surface area contributed by atoms with Crippen molar-refractivity contribution in [3.8, 4) is 0 Å². The molecule has 1 aromatic heterocycles. The Kier molecular flexibility index (Phi) is 9.41. The molecule has 0 saturated carbocycles. The van der Waals surface area contributed by atoms with E-state index in [2.05, 4.69) is 20.6 Å². The van der Waals surface area contributed by atoms with Gasteiger partial charge in [0.1, 0.15) is 6.10 Å². The van der Waals surface area contributed by atoms with Gasteiger partial charge >= 0.3 is 6.09 Å². The van der Waals surface area contributed by atoms with Crippen LogP contribution in [0.25, 0.3) is 0 Å². The van der Waals surface area contributed by atoms with Crippen LogP contribution in [0.5, 0.6) is 0 Å². The van der Waals surface area contributed by atoms with Crippen molar-refractivity contribution in [1.82, 2.24) is 15.3 Å². The monoisotopic (exact) mass is 487 g/mol. The van der Waals surface area contributed by atoms with E-state index in [-0.39, 0.29) is 17.1 Å². The number of anilines is 2. The molecule has 1 atom stereocenters. The largest absolute Gasteiger partial charge is 0.447 e. The molecule has 1 aromatic carbocycles. The van der Waals surface area contributed by atoms with Crippen LogP contribution in [0, 0.1) is 0 Å². The van der Waals surface area contributed by atoms with Gasteiger partial charge in [-0.05, 0) is 81.2 Å². The highest BCUT2D eigenvalue weighted by molar-refractivity contribution is 7.89. The molecule has 4 N–H and O–H groups in total. The number of allylic oxidation sites excluding steroid dienone is 2. The number of benzene rings is 1. The van der Waals surface area contributed by atoms with Gasteiger partial charge in [0.15, 0.2) is 0 Å². The lowest BCUT2D eigenvalue weighted by atomic mass is 10.1. The quantitative estimate of drug-likeness (QED) is 0.518. The summed E-state index contributed by atoms with van der Waals surface area (Å²) in [6, 6.07) is 4.93. The lowest BCUT2D eigenvalue weighted by Crippen LogP contribution is -2.28. The second kappa shape index (κ2) is 12.5. The Balaban J connectivity index is 1.76. The number of rotatable bonds is 1. The minimum absolute atomic E-state index is 0.108. The van der Waals surface area contributed by atoms with Gasteiger partial charge in [-0.1, -0.05) is 18.6 Å². The van der Waals surface area contributed by atoms with Gasteiger partial charge in [-0.3, -0.25) is 0 Å². The van der Waals surface area contributed by atoms with Crippen molar-refractivity contribution < 1.29 is 17.9 Å². The minimum Gasteiger partial charge on any atom is -0.447 e. The van der Waals surface area contributed by atoms with E-state index in [9.17, 15) is 13.2 Å². The van der Waals surface area contributed by atoms with Gasteiger partial charge in [-0.2, -0.15) is 0 Å². The summed E-state index contributed by atoms with van der Waals surface area (Å²) in [5.41, 5.74) is 2.27. The number of amides is 1. The summed E-state index contributed by atoms with van der Waals surface area (Å²) in [6.45, 7) is 2.47. The number of nitrogens with zero attached hydrogens (tertiary/aromatic N) is 2. The molecule has 1 amide bonds. The molecule has 2 aliphatic heterocycles. The van der Waals surface area contributed by atoms with Crippen molar-refractivity contribution in [3.63, 3.8) is 0 Å². The molecule has 9 nitrogen and oxygen atoms in total. The summed E-state index contributed by atoms with van der Waals surface area (Å²) in [7, 11) is -3.84. The molecular weight excluding hydrogens is 454 g/mol. The number of hydrogen-bond acceptors (Lipinski definition) is 7. The molecule has 184 valence electrons. The maximum Gasteiger partial charge on any atom is 0.407 e. The predicted octanol–water partition coefficient (Wildman–Crippen LogP) is 3.98. The lowest BCUT2D eigenvalue weighted by Gasteiger charge is -2.14. The number of carbonyl (C=O) groups is 1. The molecule has 4 bridgehead atoms. The third-order valence-electron chi connectivity index (χ3n) is 5.53. The molecule has 0 spiro atoms. The molecule has 3 heterocycles. The van der Waals surface area contributed by atoms with Crippen LogP contribution < -0.4 is 15.8 Å². The fourth-order valence-corrected chi connectivity index (χ4v) is 4.50. The highest BCUT2D eigenvalue weighted by Crippen LogP contribution is 2.22. The Morgan fingerprint density at radius 1 is 1.09 bits per heavy atom. The number of fused-ring (bicyclic) bond motifs is 15. The zero-order valence-electron chi connectivity index (χ0n) is 19.5. The predicted molar refractivity (Wildman–Crippen MR) is 131 cm³/mol. The fraction of sp³-hybridized carbons (Fsp3) is 0.458. The highest BCUT2D eigenvalue weighted by atomic mass is 32.2. The zero-order chi connectivity index (χ0) is 24.4. The van der Waals surface area contributed by atoms with Crippen LogP contribution in [0.3, 0.4) is 0 Å². The second-order valence-electron chi connectivity index (χ2n) is 8.47. The van der Waals surface area contributed by atoms with E-state index in [1.807, 2.05) is 19.1 Å². The van der Waals surface area contributed by atoms with Crippen LogP contribution in [0.4, 0.5) is 16.4 Å². The fourth-order valence-electron chi connectivity index (χ4n) is 3.73. The van der Waals surface area contributed by atoms with Gasteiger partial charge in [-0.15, -0.1) is 0 Å². The molecule has 0 unspecified atom stereocenters. The van der Waals surface area contributed by atoms with Gasteiger partial charge in [0.05, 0.1) is 4.90 Å². The average molecular weight is 488 g/mol. The van der Waals surface area contributed by atoms with Crippen molar-refractivity contribution in [3.05, 3.63) is 53.9 Å². The SMILES string of the molecule is C[C@@H]1CCCc2cnc(nc2)Nc2ccc(S(N)(=O)=O)c(c2)C/C=C/CCCCCNC(=O)O1. The number of aryl methyl sites for hydroxylation is 1. The molecule has 34 heavy (non-hydrogen) atoms. The van der Waals surface area contributed by atoms with Gasteiger partial charge in [0.25, 0.3) is 0 Å². The smallest absolute Gasteiger partial charge is 0.407 e. The van der Waals surface area contributed by atoms with Crippen LogP contribution in [0.15, 0.2) is 47.6 Å². The van der Waals surface area contributed by atoms with E-state index in [1.165, 1.54) is 6.07 Å². The molecule has 10 heteroatoms. The number of nitrogens with one attached hydrogen (secondary N) is 2. The maximum absolute atomic E-state index is 12.0. The third kappa shape index (κ3) is 8.42. The lowest BCUT2D eigenvalue weighted by molar-refractivity contribution is 0.101. The van der Waals surface area contributed by atoms with Crippen molar-refractivity contribution in [1.29, 1.82) is 0 Å². The summed E-state index contributed by atoms with van der Waals surface area (Å²) in [6.07, 6.45) is 13.4.